The van der Waals surface area contributed by atoms with E-state index in [1.165, 1.54) is 35.6 Å². The van der Waals surface area contributed by atoms with E-state index in [9.17, 15) is 18.8 Å². The summed E-state index contributed by atoms with van der Waals surface area (Å²) < 4.78 is 14.1. The van der Waals surface area contributed by atoms with Gasteiger partial charge in [0.15, 0.2) is 5.78 Å². The fourth-order valence-electron chi connectivity index (χ4n) is 3.14. The van der Waals surface area contributed by atoms with E-state index in [1.54, 1.807) is 12.1 Å². The van der Waals surface area contributed by atoms with E-state index < -0.39 is 23.3 Å². The van der Waals surface area contributed by atoms with E-state index in [0.717, 1.165) is 15.1 Å². The Morgan fingerprint density at radius 1 is 1.22 bits per heavy atom. The van der Waals surface area contributed by atoms with Gasteiger partial charge in [0.2, 0.25) is 0 Å². The Morgan fingerprint density at radius 2 is 1.93 bits per heavy atom. The Bertz CT molecular complexity index is 883. The van der Waals surface area contributed by atoms with Crippen molar-refractivity contribution in [2.75, 3.05) is 6.54 Å². The summed E-state index contributed by atoms with van der Waals surface area (Å²) in [6.45, 7) is 1.66. The zero-order chi connectivity index (χ0) is 19.6. The van der Waals surface area contributed by atoms with Gasteiger partial charge in [-0.2, -0.15) is 0 Å². The Hall–Kier alpha value is -2.06. The van der Waals surface area contributed by atoms with Gasteiger partial charge < -0.3 is 5.32 Å². The van der Waals surface area contributed by atoms with Gasteiger partial charge in [0.25, 0.3) is 5.91 Å². The molecular weight excluding hydrogens is 435 g/mol. The summed E-state index contributed by atoms with van der Waals surface area (Å²) in [5.41, 5.74) is -0.749. The van der Waals surface area contributed by atoms with Crippen molar-refractivity contribution < 1.29 is 18.8 Å². The lowest BCUT2D eigenvalue weighted by molar-refractivity contribution is -0.131. The molecule has 0 aliphatic carbocycles. The average Bonchev–Trinajstić information content (AvgIpc) is 3.18. The third-order valence-electron chi connectivity index (χ3n) is 4.57. The van der Waals surface area contributed by atoms with Crippen molar-refractivity contribution in [1.82, 2.24) is 10.2 Å². The van der Waals surface area contributed by atoms with Crippen LogP contribution in [0, 0.1) is 5.82 Å². The monoisotopic (exact) mass is 452 g/mol. The third kappa shape index (κ3) is 3.82. The standard InChI is InChI=1S/C19H18BrFN2O3S/c1-2-3-10-19(12-4-6-13(21)7-5-12)17(25)23(18(26)22-19)11-14(24)15-8-9-16(20)27-15/h4-9H,2-3,10-11H2,1H3,(H,22,26)/t19-/m1/s1. The molecule has 1 aromatic carbocycles. The Morgan fingerprint density at radius 3 is 2.52 bits per heavy atom. The molecule has 0 bridgehead atoms. The normalized spacial score (nSPS) is 19.4. The van der Waals surface area contributed by atoms with E-state index in [2.05, 4.69) is 21.2 Å². The smallest absolute Gasteiger partial charge is 0.319 e. The van der Waals surface area contributed by atoms with E-state index in [1.807, 2.05) is 6.92 Å². The van der Waals surface area contributed by atoms with E-state index in [-0.39, 0.29) is 12.3 Å². The van der Waals surface area contributed by atoms with Gasteiger partial charge in [-0.05, 0) is 52.2 Å². The van der Waals surface area contributed by atoms with Crippen LogP contribution in [0.2, 0.25) is 0 Å². The number of hydrogen-bond acceptors (Lipinski definition) is 4. The van der Waals surface area contributed by atoms with Crippen LogP contribution in [0.1, 0.15) is 41.4 Å². The predicted octanol–water partition coefficient (Wildman–Crippen LogP) is 4.47. The van der Waals surface area contributed by atoms with Gasteiger partial charge in [-0.1, -0.05) is 31.9 Å². The lowest BCUT2D eigenvalue weighted by Gasteiger charge is -2.27. The summed E-state index contributed by atoms with van der Waals surface area (Å²) >= 11 is 4.54. The number of rotatable bonds is 7. The lowest BCUT2D eigenvalue weighted by Crippen LogP contribution is -2.44. The van der Waals surface area contributed by atoms with E-state index in [0.29, 0.717) is 23.3 Å². The van der Waals surface area contributed by atoms with Crippen LogP contribution < -0.4 is 5.32 Å². The fraction of sp³-hybridized carbons (Fsp3) is 0.316. The number of benzene rings is 1. The van der Waals surface area contributed by atoms with Gasteiger partial charge in [0, 0.05) is 0 Å². The maximum atomic E-state index is 13.3. The minimum Gasteiger partial charge on any atom is -0.319 e. The second-order valence-electron chi connectivity index (χ2n) is 6.36. The maximum Gasteiger partial charge on any atom is 0.325 e. The first-order valence-electron chi connectivity index (χ1n) is 8.56. The van der Waals surface area contributed by atoms with Crippen LogP contribution in [0.25, 0.3) is 0 Å². The lowest BCUT2D eigenvalue weighted by atomic mass is 9.84. The molecule has 0 radical (unpaired) electrons. The molecule has 2 aromatic rings. The Kier molecular flexibility index (Phi) is 5.76. The van der Waals surface area contributed by atoms with Gasteiger partial charge in [0.1, 0.15) is 11.4 Å². The first-order valence-corrected chi connectivity index (χ1v) is 10.2. The van der Waals surface area contributed by atoms with Crippen molar-refractivity contribution in [2.45, 2.75) is 31.7 Å². The van der Waals surface area contributed by atoms with Crippen molar-refractivity contribution in [3.8, 4) is 0 Å². The number of carbonyl (C=O) groups excluding carboxylic acids is 3. The summed E-state index contributed by atoms with van der Waals surface area (Å²) in [7, 11) is 0. The summed E-state index contributed by atoms with van der Waals surface area (Å²) in [5, 5.41) is 2.76. The number of amides is 3. The molecule has 2 heterocycles. The fourth-order valence-corrected chi connectivity index (χ4v) is 4.46. The topological polar surface area (TPSA) is 66.5 Å². The number of Topliss-reactive ketones (excluding diaryl/α,β-unsaturated/α-hetero) is 1. The molecular formula is C19H18BrFN2O3S. The van der Waals surface area contributed by atoms with Crippen LogP contribution in [0.15, 0.2) is 40.2 Å². The minimum absolute atomic E-state index is 0.306. The van der Waals surface area contributed by atoms with Crippen LogP contribution in [-0.4, -0.2) is 29.2 Å². The molecule has 0 spiro atoms. The molecule has 0 unspecified atom stereocenters. The predicted molar refractivity (Wildman–Crippen MR) is 104 cm³/mol. The number of nitrogens with zero attached hydrogens (tertiary/aromatic N) is 1. The second-order valence-corrected chi connectivity index (χ2v) is 8.83. The summed E-state index contributed by atoms with van der Waals surface area (Å²) in [5.74, 6) is -1.20. The second kappa shape index (κ2) is 7.90. The van der Waals surface area contributed by atoms with Crippen molar-refractivity contribution >= 4 is 45.0 Å². The third-order valence-corrected chi connectivity index (χ3v) is 6.23. The van der Waals surface area contributed by atoms with Gasteiger partial charge in [-0.25, -0.2) is 9.18 Å². The van der Waals surface area contributed by atoms with Crippen LogP contribution in [0.5, 0.6) is 0 Å². The maximum absolute atomic E-state index is 13.3. The van der Waals surface area contributed by atoms with Crippen LogP contribution in [0.4, 0.5) is 9.18 Å². The SMILES string of the molecule is CCCC[C@]1(c2ccc(F)cc2)NC(=O)N(CC(=O)c2ccc(Br)s2)C1=O. The van der Waals surface area contributed by atoms with E-state index in [4.69, 9.17) is 0 Å². The molecule has 3 rings (SSSR count). The highest BCUT2D eigenvalue weighted by atomic mass is 79.9. The number of ketones is 1. The number of nitrogens with one attached hydrogen (secondary N) is 1. The van der Waals surface area contributed by atoms with Crippen molar-refractivity contribution in [3.63, 3.8) is 0 Å². The number of imide groups is 1. The number of unbranched alkanes of at least 4 members (excludes halogenated alkanes) is 1. The molecule has 1 aliphatic rings. The van der Waals surface area contributed by atoms with Crippen LogP contribution in [-0.2, 0) is 10.3 Å². The summed E-state index contributed by atoms with van der Waals surface area (Å²) in [6.07, 6.45) is 1.91. The van der Waals surface area contributed by atoms with E-state index >= 15 is 0 Å². The first-order chi connectivity index (χ1) is 12.9. The molecule has 8 heteroatoms. The largest absolute Gasteiger partial charge is 0.325 e. The van der Waals surface area contributed by atoms with Gasteiger partial charge >= 0.3 is 6.03 Å². The van der Waals surface area contributed by atoms with Crippen molar-refractivity contribution in [1.29, 1.82) is 0 Å². The highest BCUT2D eigenvalue weighted by molar-refractivity contribution is 9.11. The molecule has 3 amide bonds. The summed E-state index contributed by atoms with van der Waals surface area (Å²) in [4.78, 5) is 39.6. The van der Waals surface area contributed by atoms with Crippen LogP contribution in [0.3, 0.4) is 0 Å². The first kappa shape index (κ1) is 19.7. The van der Waals surface area contributed by atoms with Gasteiger partial charge in [0.05, 0.1) is 15.2 Å². The molecule has 1 atom stereocenters. The number of halogens is 2. The van der Waals surface area contributed by atoms with Gasteiger partial charge in [-0.15, -0.1) is 11.3 Å². The van der Waals surface area contributed by atoms with Crippen molar-refractivity contribution in [3.05, 3.63) is 56.4 Å². The molecule has 142 valence electrons. The molecule has 5 nitrogen and oxygen atoms in total. The number of thiophene rings is 1. The minimum atomic E-state index is -1.27. The molecule has 27 heavy (non-hydrogen) atoms. The zero-order valence-corrected chi connectivity index (χ0v) is 17.0. The number of urea groups is 1. The number of hydrogen-bond donors (Lipinski definition) is 1. The molecule has 0 saturated carbocycles. The van der Waals surface area contributed by atoms with Crippen molar-refractivity contribution in [2.24, 2.45) is 0 Å². The quantitative estimate of drug-likeness (QED) is 0.497. The molecule has 1 aliphatic heterocycles. The average molecular weight is 453 g/mol. The Labute approximate surface area is 168 Å². The highest BCUT2D eigenvalue weighted by Crippen LogP contribution is 2.34. The molecule has 1 aromatic heterocycles. The Balaban J connectivity index is 1.90. The molecule has 1 saturated heterocycles. The van der Waals surface area contributed by atoms with Crippen LogP contribution >= 0.6 is 27.3 Å². The molecule has 1 N–H and O–H groups in total. The highest BCUT2D eigenvalue weighted by Gasteiger charge is 2.52. The zero-order valence-electron chi connectivity index (χ0n) is 14.6. The summed E-state index contributed by atoms with van der Waals surface area (Å²) in [6, 6.07) is 8.33. The molecule has 1 fully saturated rings. The number of carbonyl (C=O) groups is 3. The van der Waals surface area contributed by atoms with Gasteiger partial charge in [-0.3, -0.25) is 14.5 Å².